The minimum absolute atomic E-state index is 0.222. The van der Waals surface area contributed by atoms with Gasteiger partial charge in [0.1, 0.15) is 11.6 Å². The highest BCUT2D eigenvalue weighted by molar-refractivity contribution is 5.90. The molecule has 0 amide bonds. The minimum Gasteiger partial charge on any atom is -0.365 e. The van der Waals surface area contributed by atoms with E-state index in [2.05, 4.69) is 15.6 Å². The van der Waals surface area contributed by atoms with Crippen molar-refractivity contribution in [3.8, 4) is 0 Å². The zero-order valence-corrected chi connectivity index (χ0v) is 15.4. The highest BCUT2D eigenvalue weighted by Gasteiger charge is 2.14. The van der Waals surface area contributed by atoms with Crippen LogP contribution in [0.1, 0.15) is 37.7 Å². The van der Waals surface area contributed by atoms with E-state index in [9.17, 15) is 4.39 Å². The van der Waals surface area contributed by atoms with Crippen LogP contribution in [0.5, 0.6) is 0 Å². The Balaban J connectivity index is 1.51. The number of hydrogen-bond donors (Lipinski definition) is 2. The Kier molecular flexibility index (Phi) is 5.47. The molecule has 3 aromatic rings. The van der Waals surface area contributed by atoms with Crippen molar-refractivity contribution in [3.63, 3.8) is 0 Å². The molecular formula is C22H25FN4. The Morgan fingerprint density at radius 1 is 0.889 bits per heavy atom. The van der Waals surface area contributed by atoms with E-state index < -0.39 is 0 Å². The van der Waals surface area contributed by atoms with Crippen LogP contribution in [0, 0.1) is 11.7 Å². The molecule has 1 aliphatic carbocycles. The van der Waals surface area contributed by atoms with Crippen molar-refractivity contribution in [2.45, 2.75) is 38.6 Å². The topological polar surface area (TPSA) is 49.8 Å². The Morgan fingerprint density at radius 3 is 2.48 bits per heavy atom. The number of rotatable bonds is 6. The molecule has 0 spiro atoms. The third-order valence-corrected chi connectivity index (χ3v) is 5.25. The van der Waals surface area contributed by atoms with Gasteiger partial charge >= 0.3 is 0 Å². The number of benzene rings is 2. The number of fused-ring (bicyclic) bond motifs is 1. The molecule has 0 radical (unpaired) electrons. The Hall–Kier alpha value is -2.69. The van der Waals surface area contributed by atoms with Gasteiger partial charge in [0.05, 0.1) is 5.52 Å². The molecule has 0 unspecified atom stereocenters. The van der Waals surface area contributed by atoms with Gasteiger partial charge in [-0.1, -0.05) is 43.5 Å². The van der Waals surface area contributed by atoms with Gasteiger partial charge < -0.3 is 10.6 Å². The van der Waals surface area contributed by atoms with Gasteiger partial charge in [0, 0.05) is 18.5 Å². The van der Waals surface area contributed by atoms with E-state index in [0.717, 1.165) is 28.8 Å². The van der Waals surface area contributed by atoms with E-state index >= 15 is 0 Å². The maximum atomic E-state index is 13.1. The lowest BCUT2D eigenvalue weighted by atomic mass is 9.89. The molecule has 0 saturated heterocycles. The van der Waals surface area contributed by atoms with E-state index in [1.807, 2.05) is 24.3 Å². The zero-order chi connectivity index (χ0) is 18.5. The fourth-order valence-electron chi connectivity index (χ4n) is 3.71. The van der Waals surface area contributed by atoms with E-state index in [1.165, 1.54) is 44.2 Å². The number of para-hydroxylation sites is 1. The second-order valence-electron chi connectivity index (χ2n) is 7.28. The lowest BCUT2D eigenvalue weighted by Gasteiger charge is -2.22. The molecule has 5 heteroatoms. The van der Waals surface area contributed by atoms with Gasteiger partial charge in [-0.05, 0) is 48.6 Å². The van der Waals surface area contributed by atoms with Crippen molar-refractivity contribution in [1.82, 2.24) is 9.97 Å². The van der Waals surface area contributed by atoms with Crippen molar-refractivity contribution in [3.05, 3.63) is 59.9 Å². The minimum atomic E-state index is -0.222. The number of nitrogens with one attached hydrogen (secondary N) is 2. The van der Waals surface area contributed by atoms with Crippen LogP contribution in [0.15, 0.2) is 48.5 Å². The summed E-state index contributed by atoms with van der Waals surface area (Å²) in [6, 6.07) is 14.5. The average molecular weight is 364 g/mol. The molecule has 1 aliphatic rings. The molecule has 2 N–H and O–H groups in total. The normalized spacial score (nSPS) is 15.0. The summed E-state index contributed by atoms with van der Waals surface area (Å²) in [5.74, 6) is 1.96. The van der Waals surface area contributed by atoms with Crippen LogP contribution in [0.2, 0.25) is 0 Å². The lowest BCUT2D eigenvalue weighted by Crippen LogP contribution is -2.18. The summed E-state index contributed by atoms with van der Waals surface area (Å²) < 4.78 is 13.1. The zero-order valence-electron chi connectivity index (χ0n) is 15.4. The summed E-state index contributed by atoms with van der Waals surface area (Å²) >= 11 is 0. The molecule has 2 aromatic carbocycles. The van der Waals surface area contributed by atoms with Crippen LogP contribution < -0.4 is 10.6 Å². The first-order chi connectivity index (χ1) is 13.3. The van der Waals surface area contributed by atoms with E-state index in [1.54, 1.807) is 12.1 Å². The van der Waals surface area contributed by atoms with Gasteiger partial charge in [0.15, 0.2) is 0 Å². The standard InChI is InChI=1S/C22H25FN4/c23-18-12-10-17(11-13-18)14-24-21-19-8-4-5-9-20(19)26-22(27-21)25-15-16-6-2-1-3-7-16/h4-5,8-13,16H,1-3,6-7,14-15H2,(H2,24,25,26,27). The van der Waals surface area contributed by atoms with Gasteiger partial charge in [-0.3, -0.25) is 0 Å². The molecule has 1 fully saturated rings. The molecule has 0 bridgehead atoms. The molecule has 1 saturated carbocycles. The third kappa shape index (κ3) is 4.54. The second-order valence-corrected chi connectivity index (χ2v) is 7.28. The number of anilines is 2. The molecule has 1 aromatic heterocycles. The highest BCUT2D eigenvalue weighted by atomic mass is 19.1. The maximum Gasteiger partial charge on any atom is 0.225 e. The van der Waals surface area contributed by atoms with E-state index in [4.69, 9.17) is 4.98 Å². The SMILES string of the molecule is Fc1ccc(CNc2nc(NCC3CCCCC3)nc3ccccc23)cc1. The number of nitrogens with zero attached hydrogens (tertiary/aromatic N) is 2. The van der Waals surface area contributed by atoms with E-state index in [-0.39, 0.29) is 5.82 Å². The van der Waals surface area contributed by atoms with Gasteiger partial charge in [0.25, 0.3) is 0 Å². The fourth-order valence-corrected chi connectivity index (χ4v) is 3.71. The smallest absolute Gasteiger partial charge is 0.225 e. The Labute approximate surface area is 159 Å². The average Bonchev–Trinajstić information content (AvgIpc) is 2.72. The van der Waals surface area contributed by atoms with Crippen LogP contribution in [0.4, 0.5) is 16.2 Å². The van der Waals surface area contributed by atoms with Gasteiger partial charge in [-0.25, -0.2) is 9.37 Å². The van der Waals surface area contributed by atoms with Crippen molar-refractivity contribution in [1.29, 1.82) is 0 Å². The van der Waals surface area contributed by atoms with Crippen LogP contribution in [-0.4, -0.2) is 16.5 Å². The molecule has 1 heterocycles. The number of hydrogen-bond acceptors (Lipinski definition) is 4. The predicted octanol–water partition coefficient (Wildman–Crippen LogP) is 5.37. The number of halogens is 1. The first-order valence-electron chi connectivity index (χ1n) is 9.77. The molecular weight excluding hydrogens is 339 g/mol. The van der Waals surface area contributed by atoms with Crippen LogP contribution in [0.3, 0.4) is 0 Å². The first-order valence-corrected chi connectivity index (χ1v) is 9.77. The largest absolute Gasteiger partial charge is 0.365 e. The highest BCUT2D eigenvalue weighted by Crippen LogP contribution is 2.25. The fraction of sp³-hybridized carbons (Fsp3) is 0.364. The monoisotopic (exact) mass is 364 g/mol. The lowest BCUT2D eigenvalue weighted by molar-refractivity contribution is 0.373. The summed E-state index contributed by atoms with van der Waals surface area (Å²) in [6.45, 7) is 1.51. The molecule has 0 atom stereocenters. The summed E-state index contributed by atoms with van der Waals surface area (Å²) in [7, 11) is 0. The second kappa shape index (κ2) is 8.33. The summed E-state index contributed by atoms with van der Waals surface area (Å²) in [5.41, 5.74) is 1.93. The third-order valence-electron chi connectivity index (χ3n) is 5.25. The van der Waals surface area contributed by atoms with Crippen LogP contribution >= 0.6 is 0 Å². The quantitative estimate of drug-likeness (QED) is 0.617. The molecule has 4 rings (SSSR count). The van der Waals surface area contributed by atoms with Crippen molar-refractivity contribution < 1.29 is 4.39 Å². The van der Waals surface area contributed by atoms with E-state index in [0.29, 0.717) is 18.4 Å². The molecule has 27 heavy (non-hydrogen) atoms. The van der Waals surface area contributed by atoms with Gasteiger partial charge in [-0.15, -0.1) is 0 Å². The van der Waals surface area contributed by atoms with Crippen molar-refractivity contribution >= 4 is 22.7 Å². The predicted molar refractivity (Wildman–Crippen MR) is 108 cm³/mol. The summed E-state index contributed by atoms with van der Waals surface area (Å²) in [5, 5.41) is 7.82. The molecule has 140 valence electrons. The van der Waals surface area contributed by atoms with Crippen LogP contribution in [0.25, 0.3) is 10.9 Å². The summed E-state index contributed by atoms with van der Waals surface area (Å²) in [4.78, 5) is 9.39. The van der Waals surface area contributed by atoms with Gasteiger partial charge in [0.2, 0.25) is 5.95 Å². The van der Waals surface area contributed by atoms with Crippen LogP contribution in [-0.2, 0) is 6.54 Å². The Morgan fingerprint density at radius 2 is 1.67 bits per heavy atom. The van der Waals surface area contributed by atoms with Crippen molar-refractivity contribution in [2.24, 2.45) is 5.92 Å². The maximum absolute atomic E-state index is 13.1. The summed E-state index contributed by atoms with van der Waals surface area (Å²) in [6.07, 6.45) is 6.59. The van der Waals surface area contributed by atoms with Gasteiger partial charge in [-0.2, -0.15) is 4.98 Å². The molecule has 0 aliphatic heterocycles. The molecule has 4 nitrogen and oxygen atoms in total. The Bertz CT molecular complexity index is 888. The first kappa shape index (κ1) is 17.7. The number of aromatic nitrogens is 2. The van der Waals surface area contributed by atoms with Crippen molar-refractivity contribution in [2.75, 3.05) is 17.2 Å².